The molecule has 0 amide bonds. The fourth-order valence-electron chi connectivity index (χ4n) is 3.46. The minimum atomic E-state index is -5.08. The Labute approximate surface area is 186 Å². The van der Waals surface area contributed by atoms with Crippen LogP contribution in [-0.2, 0) is 18.3 Å². The molecule has 1 aliphatic rings. The lowest BCUT2D eigenvalue weighted by atomic mass is 9.95. The molecule has 33 heavy (non-hydrogen) atoms. The molecule has 0 atom stereocenters. The molecule has 1 aromatic carbocycles. The Morgan fingerprint density at radius 3 is 2.55 bits per heavy atom. The molecule has 0 bridgehead atoms. The molecule has 0 spiro atoms. The van der Waals surface area contributed by atoms with E-state index in [0.29, 0.717) is 23.5 Å². The third-order valence-electron chi connectivity index (χ3n) is 5.33. The summed E-state index contributed by atoms with van der Waals surface area (Å²) in [5.41, 5.74) is 11.3. The fourth-order valence-corrected chi connectivity index (χ4v) is 3.46. The van der Waals surface area contributed by atoms with Gasteiger partial charge in [0, 0.05) is 36.3 Å². The molecule has 11 heteroatoms. The number of fused-ring (bicyclic) bond motifs is 2. The molecule has 4 rings (SSSR count). The Hall–Kier alpha value is -3.89. The summed E-state index contributed by atoms with van der Waals surface area (Å²) in [6.45, 7) is 4.32. The average molecular weight is 461 g/mol. The van der Waals surface area contributed by atoms with Gasteiger partial charge in [-0.15, -0.1) is 0 Å². The van der Waals surface area contributed by atoms with Crippen molar-refractivity contribution in [3.8, 4) is 0 Å². The van der Waals surface area contributed by atoms with Crippen LogP contribution >= 0.6 is 0 Å². The predicted octanol–water partition coefficient (Wildman–Crippen LogP) is 3.30. The lowest BCUT2D eigenvalue weighted by Crippen LogP contribution is -2.27. The number of carboxylic acids is 1. The van der Waals surface area contributed by atoms with Crippen LogP contribution in [0.25, 0.3) is 10.9 Å². The number of hydrogen-bond donors (Lipinski definition) is 3. The summed E-state index contributed by atoms with van der Waals surface area (Å²) in [4.78, 5) is 34.0. The Balaban J connectivity index is 0.000000383. The monoisotopic (exact) mass is 461 g/mol. The lowest BCUT2D eigenvalue weighted by molar-refractivity contribution is -0.192. The zero-order chi connectivity index (χ0) is 24.5. The van der Waals surface area contributed by atoms with Crippen molar-refractivity contribution in [2.45, 2.75) is 26.4 Å². The number of alkyl halides is 3. The lowest BCUT2D eigenvalue weighted by Gasteiger charge is -2.16. The number of carboxylic acid groups (broad SMARTS) is 1. The van der Waals surface area contributed by atoms with Gasteiger partial charge < -0.3 is 20.4 Å². The number of aliphatic carboxylic acids is 1. The number of nitrogens with one attached hydrogen (secondary N) is 1. The molecular formula is C22H22F3N5O3. The molecule has 0 saturated carbocycles. The van der Waals surface area contributed by atoms with Gasteiger partial charge in [0.25, 0.3) is 0 Å². The molecule has 4 N–H and O–H groups in total. The number of imidazole rings is 1. The molecule has 0 aliphatic heterocycles. The zero-order valence-electron chi connectivity index (χ0n) is 18.1. The van der Waals surface area contributed by atoms with Gasteiger partial charge in [-0.05, 0) is 31.9 Å². The average Bonchev–Trinajstić information content (AvgIpc) is 3.29. The topological polar surface area (TPSA) is 126 Å². The number of aliphatic imine (C=N–C) groups is 1. The van der Waals surface area contributed by atoms with Gasteiger partial charge >= 0.3 is 12.1 Å². The summed E-state index contributed by atoms with van der Waals surface area (Å²) in [5.74, 6) is -2.15. The van der Waals surface area contributed by atoms with Crippen LogP contribution < -0.4 is 5.73 Å². The summed E-state index contributed by atoms with van der Waals surface area (Å²) in [6, 6.07) is 8.23. The number of Topliss-reactive ketones (excluding diaryl/α,β-unsaturated/α-hetero) is 1. The third-order valence-corrected chi connectivity index (χ3v) is 5.33. The van der Waals surface area contributed by atoms with E-state index in [-0.39, 0.29) is 11.5 Å². The number of ketones is 1. The van der Waals surface area contributed by atoms with Crippen LogP contribution in [0.4, 0.5) is 13.2 Å². The van der Waals surface area contributed by atoms with E-state index in [4.69, 9.17) is 20.6 Å². The summed E-state index contributed by atoms with van der Waals surface area (Å²) in [6.07, 6.45) is -2.25. The Bertz CT molecular complexity index is 1300. The summed E-state index contributed by atoms with van der Waals surface area (Å²) in [5, 5.41) is 8.34. The van der Waals surface area contributed by atoms with Gasteiger partial charge in [-0.2, -0.15) is 13.2 Å². The first-order valence-corrected chi connectivity index (χ1v) is 9.88. The highest BCUT2D eigenvalue weighted by atomic mass is 19.4. The van der Waals surface area contributed by atoms with Crippen LogP contribution in [-0.4, -0.2) is 49.8 Å². The molecule has 8 nitrogen and oxygen atoms in total. The number of benzene rings is 1. The second-order valence-electron chi connectivity index (χ2n) is 7.43. The van der Waals surface area contributed by atoms with Crippen molar-refractivity contribution < 1.29 is 27.9 Å². The van der Waals surface area contributed by atoms with E-state index < -0.39 is 12.1 Å². The van der Waals surface area contributed by atoms with Crippen molar-refractivity contribution in [1.82, 2.24) is 14.5 Å². The van der Waals surface area contributed by atoms with Gasteiger partial charge in [0.2, 0.25) is 5.78 Å². The first kappa shape index (κ1) is 23.8. The molecular weight excluding hydrogens is 439 g/mol. The van der Waals surface area contributed by atoms with Gasteiger partial charge in [0.05, 0.1) is 11.4 Å². The van der Waals surface area contributed by atoms with Crippen molar-refractivity contribution in [3.63, 3.8) is 0 Å². The number of para-hydroxylation sites is 1. The zero-order valence-corrected chi connectivity index (χ0v) is 18.1. The van der Waals surface area contributed by atoms with Crippen molar-refractivity contribution in [3.05, 3.63) is 64.5 Å². The minimum Gasteiger partial charge on any atom is -0.475 e. The standard InChI is InChI=1S/C20H21N5O.C2HF3O2/c1-11-16(21)20(26)19-18(24-12(2)25(19)3)17(11)22-9-8-13-10-23-15-7-5-4-6-14(13)15;3-2(4,5)1(6)7/h4-7,10,23H,8-9,21H2,1-3H3;(H,6,7). The van der Waals surface area contributed by atoms with Gasteiger partial charge in [0.1, 0.15) is 17.2 Å². The van der Waals surface area contributed by atoms with Crippen LogP contribution in [0.3, 0.4) is 0 Å². The van der Waals surface area contributed by atoms with Gasteiger partial charge in [0.15, 0.2) is 0 Å². The van der Waals surface area contributed by atoms with Crippen LogP contribution in [0.15, 0.2) is 46.7 Å². The van der Waals surface area contributed by atoms with Crippen LogP contribution in [0.2, 0.25) is 0 Å². The maximum atomic E-state index is 12.5. The number of H-pyrrole nitrogens is 1. The molecule has 0 saturated heterocycles. The molecule has 2 heterocycles. The van der Waals surface area contributed by atoms with E-state index in [1.54, 1.807) is 4.57 Å². The fraction of sp³-hybridized carbons (Fsp3) is 0.273. The number of carbonyl (C=O) groups excluding carboxylic acids is 1. The molecule has 174 valence electrons. The van der Waals surface area contributed by atoms with E-state index >= 15 is 0 Å². The van der Waals surface area contributed by atoms with E-state index in [9.17, 15) is 18.0 Å². The van der Waals surface area contributed by atoms with Crippen molar-refractivity contribution in [2.24, 2.45) is 17.8 Å². The first-order chi connectivity index (χ1) is 15.4. The molecule has 0 fully saturated rings. The quantitative estimate of drug-likeness (QED) is 0.552. The number of nitrogens with two attached hydrogens (primary N) is 1. The van der Waals surface area contributed by atoms with Gasteiger partial charge in [-0.1, -0.05) is 18.2 Å². The van der Waals surface area contributed by atoms with Crippen molar-refractivity contribution in [1.29, 1.82) is 0 Å². The van der Waals surface area contributed by atoms with Crippen molar-refractivity contribution in [2.75, 3.05) is 6.54 Å². The molecule has 0 radical (unpaired) electrons. The molecule has 2 aromatic heterocycles. The van der Waals surface area contributed by atoms with Crippen LogP contribution in [0, 0.1) is 6.92 Å². The number of aryl methyl sites for hydroxylation is 1. The number of allylic oxidation sites excluding steroid dienone is 2. The van der Waals surface area contributed by atoms with Crippen molar-refractivity contribution >= 4 is 28.4 Å². The molecule has 1 aliphatic carbocycles. The number of hydrogen-bond acceptors (Lipinski definition) is 5. The second kappa shape index (κ2) is 8.93. The number of aromatic nitrogens is 3. The summed E-state index contributed by atoms with van der Waals surface area (Å²) in [7, 11) is 1.83. The summed E-state index contributed by atoms with van der Waals surface area (Å²) < 4.78 is 33.5. The molecule has 3 aromatic rings. The number of rotatable bonds is 3. The third kappa shape index (κ3) is 4.66. The second-order valence-corrected chi connectivity index (χ2v) is 7.43. The Morgan fingerprint density at radius 2 is 1.91 bits per heavy atom. The number of carbonyl (C=O) groups is 2. The van der Waals surface area contributed by atoms with E-state index in [2.05, 4.69) is 22.1 Å². The van der Waals surface area contributed by atoms with E-state index in [1.807, 2.05) is 39.2 Å². The maximum absolute atomic E-state index is 12.5. The maximum Gasteiger partial charge on any atom is 0.490 e. The van der Waals surface area contributed by atoms with Gasteiger partial charge in [-0.25, -0.2) is 9.78 Å². The normalized spacial score (nSPS) is 15.0. The number of aromatic amines is 1. The van der Waals surface area contributed by atoms with E-state index in [1.165, 1.54) is 10.9 Å². The SMILES string of the molecule is CC1=C(N)C(=O)c2c(nc(C)n2C)C1=NCCc1c[nH]c2ccccc12.O=C(O)C(F)(F)F. The molecule has 0 unspecified atom stereocenters. The Kier molecular flexibility index (Phi) is 6.43. The highest BCUT2D eigenvalue weighted by molar-refractivity contribution is 6.26. The smallest absolute Gasteiger partial charge is 0.475 e. The largest absolute Gasteiger partial charge is 0.490 e. The number of nitrogens with zero attached hydrogens (tertiary/aromatic N) is 3. The summed E-state index contributed by atoms with van der Waals surface area (Å²) >= 11 is 0. The van der Waals surface area contributed by atoms with E-state index in [0.717, 1.165) is 23.5 Å². The van der Waals surface area contributed by atoms with Crippen LogP contribution in [0.5, 0.6) is 0 Å². The van der Waals surface area contributed by atoms with Crippen LogP contribution in [0.1, 0.15) is 34.5 Å². The minimum absolute atomic E-state index is 0.170. The Morgan fingerprint density at radius 1 is 1.27 bits per heavy atom. The van der Waals surface area contributed by atoms with Gasteiger partial charge in [-0.3, -0.25) is 9.79 Å². The predicted molar refractivity (Wildman–Crippen MR) is 116 cm³/mol. The first-order valence-electron chi connectivity index (χ1n) is 9.88. The highest BCUT2D eigenvalue weighted by Gasteiger charge is 2.38. The number of halogens is 3. The highest BCUT2D eigenvalue weighted by Crippen LogP contribution is 2.25.